The van der Waals surface area contributed by atoms with Crippen molar-refractivity contribution in [2.75, 3.05) is 0 Å². The highest BCUT2D eigenvalue weighted by atomic mass is 35.5. The average molecular weight is 319 g/mol. The molecule has 0 bridgehead atoms. The first-order valence-electron chi connectivity index (χ1n) is 6.95. The zero-order chi connectivity index (χ0) is 15.7. The largest absolute Gasteiger partial charge is 0.361 e. The molecule has 0 radical (unpaired) electrons. The molecule has 3 aromatic rings. The zero-order valence-electron chi connectivity index (χ0n) is 12.3. The lowest BCUT2D eigenvalue weighted by Crippen LogP contribution is -2.24. The minimum atomic E-state index is -0.203. The Morgan fingerprint density at radius 1 is 1.41 bits per heavy atom. The lowest BCUT2D eigenvalue weighted by molar-refractivity contribution is 0.0948. The van der Waals surface area contributed by atoms with Crippen molar-refractivity contribution in [3.63, 3.8) is 0 Å². The first-order valence-corrected chi connectivity index (χ1v) is 7.32. The van der Waals surface area contributed by atoms with Crippen LogP contribution in [0.2, 0.25) is 5.02 Å². The van der Waals surface area contributed by atoms with Gasteiger partial charge in [-0.3, -0.25) is 4.79 Å². The fourth-order valence-electron chi connectivity index (χ4n) is 2.31. The van der Waals surface area contributed by atoms with Gasteiger partial charge in [0.15, 0.2) is 0 Å². The summed E-state index contributed by atoms with van der Waals surface area (Å²) in [6, 6.07) is 3.60. The predicted molar refractivity (Wildman–Crippen MR) is 82.0 cm³/mol. The minimum Gasteiger partial charge on any atom is -0.361 e. The maximum Gasteiger partial charge on any atom is 0.257 e. The number of carbonyl (C=O) groups is 1. The van der Waals surface area contributed by atoms with E-state index in [0.717, 1.165) is 11.3 Å². The van der Waals surface area contributed by atoms with Gasteiger partial charge in [0.05, 0.1) is 23.0 Å². The van der Waals surface area contributed by atoms with Crippen LogP contribution in [0.25, 0.3) is 5.65 Å². The fraction of sp³-hybridized carbons (Fsp3) is 0.267. The minimum absolute atomic E-state index is 0.203. The van der Waals surface area contributed by atoms with Crippen molar-refractivity contribution in [1.82, 2.24) is 19.9 Å². The number of halogens is 1. The highest BCUT2D eigenvalue weighted by Crippen LogP contribution is 2.15. The van der Waals surface area contributed by atoms with Crippen LogP contribution < -0.4 is 5.32 Å². The molecule has 0 unspecified atom stereocenters. The van der Waals surface area contributed by atoms with E-state index in [0.29, 0.717) is 35.0 Å². The highest BCUT2D eigenvalue weighted by Gasteiger charge is 2.19. The van der Waals surface area contributed by atoms with E-state index in [1.165, 1.54) is 0 Å². The molecule has 6 nitrogen and oxygen atoms in total. The molecule has 0 aliphatic rings. The van der Waals surface area contributed by atoms with E-state index in [4.69, 9.17) is 16.1 Å². The SMILES string of the molecule is CCc1noc(C)c1C(=O)NCc1cn2cc(Cl)ccc2n1. The van der Waals surface area contributed by atoms with Gasteiger partial charge in [-0.1, -0.05) is 23.7 Å². The first-order chi connectivity index (χ1) is 10.6. The van der Waals surface area contributed by atoms with Gasteiger partial charge in [0.2, 0.25) is 0 Å². The van der Waals surface area contributed by atoms with Crippen LogP contribution in [0.5, 0.6) is 0 Å². The molecule has 0 spiro atoms. The number of rotatable bonds is 4. The summed E-state index contributed by atoms with van der Waals surface area (Å²) in [7, 11) is 0. The molecule has 3 rings (SSSR count). The van der Waals surface area contributed by atoms with Gasteiger partial charge < -0.3 is 14.2 Å². The normalized spacial score (nSPS) is 11.0. The van der Waals surface area contributed by atoms with Gasteiger partial charge >= 0.3 is 0 Å². The number of amides is 1. The standard InChI is InChI=1S/C15H15ClN4O2/c1-3-12-14(9(2)22-19-12)15(21)17-6-11-8-20-7-10(16)4-5-13(20)18-11/h4-5,7-8H,3,6H2,1-2H3,(H,17,21). The van der Waals surface area contributed by atoms with Crippen LogP contribution in [-0.4, -0.2) is 20.4 Å². The quantitative estimate of drug-likeness (QED) is 0.803. The predicted octanol–water partition coefficient (Wildman–Crippen LogP) is 2.78. The molecule has 22 heavy (non-hydrogen) atoms. The monoisotopic (exact) mass is 318 g/mol. The van der Waals surface area contributed by atoms with E-state index in [1.807, 2.05) is 23.6 Å². The van der Waals surface area contributed by atoms with E-state index in [1.54, 1.807) is 19.2 Å². The van der Waals surface area contributed by atoms with Crippen LogP contribution in [0.15, 0.2) is 29.0 Å². The summed E-state index contributed by atoms with van der Waals surface area (Å²) in [5.41, 5.74) is 2.71. The molecule has 1 N–H and O–H groups in total. The van der Waals surface area contributed by atoms with Gasteiger partial charge in [-0.2, -0.15) is 0 Å². The molecule has 114 valence electrons. The fourth-order valence-corrected chi connectivity index (χ4v) is 2.48. The molecule has 1 amide bonds. The van der Waals surface area contributed by atoms with Crippen molar-refractivity contribution < 1.29 is 9.32 Å². The second-order valence-electron chi connectivity index (χ2n) is 4.94. The van der Waals surface area contributed by atoms with Crippen LogP contribution in [0.3, 0.4) is 0 Å². The molecule has 0 aliphatic carbocycles. The van der Waals surface area contributed by atoms with E-state index >= 15 is 0 Å². The summed E-state index contributed by atoms with van der Waals surface area (Å²) >= 11 is 5.94. The molecular weight excluding hydrogens is 304 g/mol. The zero-order valence-corrected chi connectivity index (χ0v) is 13.0. The Morgan fingerprint density at radius 3 is 3.00 bits per heavy atom. The molecule has 3 heterocycles. The Morgan fingerprint density at radius 2 is 2.23 bits per heavy atom. The van der Waals surface area contributed by atoms with Gasteiger partial charge in [0, 0.05) is 12.4 Å². The second kappa shape index (κ2) is 5.81. The van der Waals surface area contributed by atoms with Crippen LogP contribution in [-0.2, 0) is 13.0 Å². The Labute approximate surface area is 132 Å². The molecular formula is C15H15ClN4O2. The van der Waals surface area contributed by atoms with Crippen molar-refractivity contribution in [2.45, 2.75) is 26.8 Å². The number of hydrogen-bond donors (Lipinski definition) is 1. The molecule has 0 atom stereocenters. The number of fused-ring (bicyclic) bond motifs is 1. The number of hydrogen-bond acceptors (Lipinski definition) is 4. The van der Waals surface area contributed by atoms with Crippen molar-refractivity contribution in [3.05, 3.63) is 52.3 Å². The van der Waals surface area contributed by atoms with Gasteiger partial charge in [-0.15, -0.1) is 0 Å². The van der Waals surface area contributed by atoms with Crippen molar-refractivity contribution in [2.24, 2.45) is 0 Å². The first kappa shape index (κ1) is 14.6. The van der Waals surface area contributed by atoms with Crippen molar-refractivity contribution in [1.29, 1.82) is 0 Å². The smallest absolute Gasteiger partial charge is 0.257 e. The van der Waals surface area contributed by atoms with E-state index in [9.17, 15) is 4.79 Å². The molecule has 0 saturated heterocycles. The third-order valence-electron chi connectivity index (χ3n) is 3.39. The van der Waals surface area contributed by atoms with E-state index in [-0.39, 0.29) is 5.91 Å². The maximum absolute atomic E-state index is 12.3. The van der Waals surface area contributed by atoms with Gasteiger partial charge in [-0.05, 0) is 25.5 Å². The topological polar surface area (TPSA) is 72.4 Å². The molecule has 7 heteroatoms. The molecule has 0 aromatic carbocycles. The van der Waals surface area contributed by atoms with E-state index < -0.39 is 0 Å². The molecule has 0 saturated carbocycles. The number of aryl methyl sites for hydroxylation is 2. The lowest BCUT2D eigenvalue weighted by Gasteiger charge is -2.02. The summed E-state index contributed by atoms with van der Waals surface area (Å²) in [6.07, 6.45) is 4.25. The number of nitrogens with zero attached hydrogens (tertiary/aromatic N) is 3. The Bertz CT molecular complexity index is 837. The lowest BCUT2D eigenvalue weighted by atomic mass is 10.1. The third kappa shape index (κ3) is 2.69. The maximum atomic E-state index is 12.3. The molecule has 0 aliphatic heterocycles. The number of carbonyl (C=O) groups excluding carboxylic acids is 1. The van der Waals surface area contributed by atoms with Crippen molar-refractivity contribution in [3.8, 4) is 0 Å². The Kier molecular flexibility index (Phi) is 3.85. The summed E-state index contributed by atoms with van der Waals surface area (Å²) in [5.74, 6) is 0.321. The van der Waals surface area contributed by atoms with Gasteiger partial charge in [0.1, 0.15) is 17.0 Å². The second-order valence-corrected chi connectivity index (χ2v) is 5.38. The van der Waals surface area contributed by atoms with Crippen LogP contribution in [0, 0.1) is 6.92 Å². The number of nitrogens with one attached hydrogen (secondary N) is 1. The average Bonchev–Trinajstić information content (AvgIpc) is 3.07. The van der Waals surface area contributed by atoms with Gasteiger partial charge in [-0.25, -0.2) is 4.98 Å². The highest BCUT2D eigenvalue weighted by molar-refractivity contribution is 6.30. The molecule has 3 aromatic heterocycles. The number of pyridine rings is 1. The third-order valence-corrected chi connectivity index (χ3v) is 3.61. The van der Waals surface area contributed by atoms with Gasteiger partial charge in [0.25, 0.3) is 5.91 Å². The van der Waals surface area contributed by atoms with Crippen LogP contribution in [0.1, 0.15) is 34.4 Å². The number of imidazole rings is 1. The van der Waals surface area contributed by atoms with Crippen LogP contribution in [0.4, 0.5) is 0 Å². The molecule has 0 fully saturated rings. The summed E-state index contributed by atoms with van der Waals surface area (Å²) in [4.78, 5) is 16.7. The Balaban J connectivity index is 1.75. The summed E-state index contributed by atoms with van der Waals surface area (Å²) in [6.45, 7) is 3.99. The summed E-state index contributed by atoms with van der Waals surface area (Å²) < 4.78 is 6.90. The van der Waals surface area contributed by atoms with Crippen molar-refractivity contribution >= 4 is 23.2 Å². The van der Waals surface area contributed by atoms with E-state index in [2.05, 4.69) is 15.5 Å². The summed E-state index contributed by atoms with van der Waals surface area (Å²) in [5, 5.41) is 7.36. The van der Waals surface area contributed by atoms with Crippen LogP contribution >= 0.6 is 11.6 Å². The number of aromatic nitrogens is 3. The Hall–Kier alpha value is -2.34.